The van der Waals surface area contributed by atoms with Crippen LogP contribution in [0.15, 0.2) is 53.4 Å². The molecule has 0 saturated carbocycles. The van der Waals surface area contributed by atoms with E-state index in [0.717, 1.165) is 11.1 Å². The van der Waals surface area contributed by atoms with Crippen molar-refractivity contribution in [2.24, 2.45) is 5.73 Å². The number of nitrogens with two attached hydrogens (primary N) is 1. The minimum absolute atomic E-state index is 0. The zero-order chi connectivity index (χ0) is 15.9. The Morgan fingerprint density at radius 2 is 1.91 bits per heavy atom. The van der Waals surface area contributed by atoms with E-state index in [1.54, 1.807) is 11.8 Å². The van der Waals surface area contributed by atoms with Gasteiger partial charge < -0.3 is 11.1 Å². The van der Waals surface area contributed by atoms with Gasteiger partial charge in [0.05, 0.1) is 0 Å². The summed E-state index contributed by atoms with van der Waals surface area (Å²) in [5.74, 6) is -0.0241. The lowest BCUT2D eigenvalue weighted by atomic mass is 10.0. The molecule has 0 aliphatic heterocycles. The summed E-state index contributed by atoms with van der Waals surface area (Å²) in [6.45, 7) is 2.61. The van der Waals surface area contributed by atoms with Gasteiger partial charge in [-0.25, -0.2) is 0 Å². The lowest BCUT2D eigenvalue weighted by molar-refractivity contribution is -0.121. The molecule has 0 fully saturated rings. The largest absolute Gasteiger partial charge is 0.352 e. The lowest BCUT2D eigenvalue weighted by Crippen LogP contribution is -2.27. The molecule has 0 aliphatic rings. The monoisotopic (exact) mass is 350 g/mol. The van der Waals surface area contributed by atoms with Crippen molar-refractivity contribution in [1.29, 1.82) is 0 Å². The van der Waals surface area contributed by atoms with E-state index in [-0.39, 0.29) is 24.4 Å². The fourth-order valence-electron chi connectivity index (χ4n) is 2.28. The molecule has 1 atom stereocenters. The molecule has 3 nitrogen and oxygen atoms in total. The van der Waals surface area contributed by atoms with E-state index in [9.17, 15) is 4.79 Å². The van der Waals surface area contributed by atoms with Crippen molar-refractivity contribution in [3.05, 3.63) is 65.2 Å². The predicted molar refractivity (Wildman–Crippen MR) is 100 cm³/mol. The zero-order valence-electron chi connectivity index (χ0n) is 13.4. The second-order valence-electron chi connectivity index (χ2n) is 5.31. The maximum Gasteiger partial charge on any atom is 0.222 e. The van der Waals surface area contributed by atoms with Crippen LogP contribution in [0.4, 0.5) is 0 Å². The van der Waals surface area contributed by atoms with E-state index in [2.05, 4.69) is 30.4 Å². The SMILES string of the molecule is CSc1cc(C)ccc1CNC(=O)CC(N)c1ccccc1.Cl. The fourth-order valence-corrected chi connectivity index (χ4v) is 2.99. The molecule has 0 aliphatic carbocycles. The Hall–Kier alpha value is -1.49. The van der Waals surface area contributed by atoms with Gasteiger partial charge in [-0.05, 0) is 35.9 Å². The normalized spacial score (nSPS) is 11.4. The molecule has 2 rings (SSSR count). The van der Waals surface area contributed by atoms with Crippen LogP contribution in [0.3, 0.4) is 0 Å². The van der Waals surface area contributed by atoms with Crippen molar-refractivity contribution in [3.63, 3.8) is 0 Å². The van der Waals surface area contributed by atoms with Crippen LogP contribution in [0.5, 0.6) is 0 Å². The van der Waals surface area contributed by atoms with Gasteiger partial charge in [0.1, 0.15) is 0 Å². The van der Waals surface area contributed by atoms with Gasteiger partial charge in [0, 0.05) is 23.9 Å². The number of halogens is 1. The number of carbonyl (C=O) groups excluding carboxylic acids is 1. The fraction of sp³-hybridized carbons (Fsp3) is 0.278. The Kier molecular flexibility index (Phi) is 8.17. The number of carbonyl (C=O) groups is 1. The molecule has 5 heteroatoms. The van der Waals surface area contributed by atoms with Gasteiger partial charge in [-0.15, -0.1) is 24.2 Å². The highest BCUT2D eigenvalue weighted by Crippen LogP contribution is 2.22. The summed E-state index contributed by atoms with van der Waals surface area (Å²) in [6.07, 6.45) is 2.34. The standard InChI is InChI=1S/C18H22N2OS.ClH/c1-13-8-9-15(17(10-13)22-2)12-20-18(21)11-16(19)14-6-4-3-5-7-14;/h3-10,16H,11-12,19H2,1-2H3,(H,20,21);1H. The maximum absolute atomic E-state index is 12.1. The molecule has 0 spiro atoms. The van der Waals surface area contributed by atoms with Crippen LogP contribution in [-0.4, -0.2) is 12.2 Å². The molecule has 0 radical (unpaired) electrons. The van der Waals surface area contributed by atoms with Crippen LogP contribution in [-0.2, 0) is 11.3 Å². The van der Waals surface area contributed by atoms with Gasteiger partial charge in [0.2, 0.25) is 5.91 Å². The Morgan fingerprint density at radius 3 is 2.57 bits per heavy atom. The van der Waals surface area contributed by atoms with Crippen molar-refractivity contribution in [1.82, 2.24) is 5.32 Å². The molecule has 2 aromatic carbocycles. The van der Waals surface area contributed by atoms with Crippen molar-refractivity contribution in [2.75, 3.05) is 6.26 Å². The zero-order valence-corrected chi connectivity index (χ0v) is 15.0. The topological polar surface area (TPSA) is 55.1 Å². The third kappa shape index (κ3) is 5.90. The second kappa shape index (κ2) is 9.60. The Bertz CT molecular complexity index is 634. The van der Waals surface area contributed by atoms with E-state index < -0.39 is 0 Å². The molecule has 2 aromatic rings. The quantitative estimate of drug-likeness (QED) is 0.778. The first kappa shape index (κ1) is 19.6. The highest BCUT2D eigenvalue weighted by Gasteiger charge is 2.11. The van der Waals surface area contributed by atoms with Gasteiger partial charge >= 0.3 is 0 Å². The summed E-state index contributed by atoms with van der Waals surface area (Å²) in [7, 11) is 0. The first-order valence-electron chi connectivity index (χ1n) is 7.31. The molecule has 0 bridgehead atoms. The van der Waals surface area contributed by atoms with Crippen LogP contribution in [0.1, 0.15) is 29.2 Å². The van der Waals surface area contributed by atoms with Crippen LogP contribution in [0.2, 0.25) is 0 Å². The number of rotatable bonds is 6. The second-order valence-corrected chi connectivity index (χ2v) is 6.16. The van der Waals surface area contributed by atoms with Crippen molar-refractivity contribution >= 4 is 30.1 Å². The highest BCUT2D eigenvalue weighted by atomic mass is 35.5. The average molecular weight is 351 g/mol. The molecule has 0 aromatic heterocycles. The Morgan fingerprint density at radius 1 is 1.22 bits per heavy atom. The maximum atomic E-state index is 12.1. The molecule has 3 N–H and O–H groups in total. The predicted octanol–water partition coefficient (Wildman–Crippen LogP) is 3.85. The number of hydrogen-bond donors (Lipinski definition) is 2. The molecular formula is C18H23ClN2OS. The molecule has 124 valence electrons. The summed E-state index contributed by atoms with van der Waals surface area (Å²) < 4.78 is 0. The first-order chi connectivity index (χ1) is 10.6. The first-order valence-corrected chi connectivity index (χ1v) is 8.53. The van der Waals surface area contributed by atoms with Crippen LogP contribution in [0.25, 0.3) is 0 Å². The number of hydrogen-bond acceptors (Lipinski definition) is 3. The van der Waals surface area contributed by atoms with Gasteiger partial charge in [-0.3, -0.25) is 4.79 Å². The molecule has 1 amide bonds. The summed E-state index contributed by atoms with van der Waals surface area (Å²) in [6, 6.07) is 15.7. The van der Waals surface area contributed by atoms with Crippen LogP contribution in [0, 0.1) is 6.92 Å². The highest BCUT2D eigenvalue weighted by molar-refractivity contribution is 7.98. The number of nitrogens with one attached hydrogen (secondary N) is 1. The molecule has 0 heterocycles. The van der Waals surface area contributed by atoms with Gasteiger partial charge in [-0.2, -0.15) is 0 Å². The average Bonchev–Trinajstić information content (AvgIpc) is 2.54. The van der Waals surface area contributed by atoms with Gasteiger partial charge in [0.15, 0.2) is 0 Å². The van der Waals surface area contributed by atoms with E-state index in [1.165, 1.54) is 10.5 Å². The minimum Gasteiger partial charge on any atom is -0.352 e. The van der Waals surface area contributed by atoms with E-state index >= 15 is 0 Å². The number of benzene rings is 2. The summed E-state index contributed by atoms with van der Waals surface area (Å²) in [5, 5.41) is 2.96. The third-order valence-electron chi connectivity index (χ3n) is 3.55. The number of aryl methyl sites for hydroxylation is 1. The van der Waals surface area contributed by atoms with Crippen molar-refractivity contribution in [2.45, 2.75) is 30.8 Å². The molecule has 1 unspecified atom stereocenters. The minimum atomic E-state index is -0.265. The summed E-state index contributed by atoms with van der Waals surface area (Å²) in [4.78, 5) is 13.3. The summed E-state index contributed by atoms with van der Waals surface area (Å²) >= 11 is 1.70. The van der Waals surface area contributed by atoms with Crippen molar-refractivity contribution in [3.8, 4) is 0 Å². The van der Waals surface area contributed by atoms with Gasteiger partial charge in [-0.1, -0.05) is 42.5 Å². The number of amides is 1. The molecular weight excluding hydrogens is 328 g/mol. The lowest BCUT2D eigenvalue weighted by Gasteiger charge is -2.13. The Balaban J connectivity index is 0.00000264. The number of thioether (sulfide) groups is 1. The summed E-state index contributed by atoms with van der Waals surface area (Å²) in [5.41, 5.74) is 9.43. The molecule has 0 saturated heterocycles. The third-order valence-corrected chi connectivity index (χ3v) is 4.37. The van der Waals surface area contributed by atoms with Crippen LogP contribution >= 0.6 is 24.2 Å². The van der Waals surface area contributed by atoms with Gasteiger partial charge in [0.25, 0.3) is 0 Å². The van der Waals surface area contributed by atoms with Crippen LogP contribution < -0.4 is 11.1 Å². The van der Waals surface area contributed by atoms with Crippen molar-refractivity contribution < 1.29 is 4.79 Å². The molecule has 23 heavy (non-hydrogen) atoms. The van der Waals surface area contributed by atoms with E-state index in [0.29, 0.717) is 13.0 Å². The smallest absolute Gasteiger partial charge is 0.222 e. The van der Waals surface area contributed by atoms with E-state index in [1.807, 2.05) is 36.6 Å². The Labute approximate surface area is 148 Å². The van der Waals surface area contributed by atoms with E-state index in [4.69, 9.17) is 5.73 Å².